The molecular formula is C14H20N4. The highest BCUT2D eigenvalue weighted by Gasteiger charge is 2.18. The monoisotopic (exact) mass is 244 g/mol. The molecule has 0 N–H and O–H groups in total. The van der Waals surface area contributed by atoms with Gasteiger partial charge in [-0.15, -0.1) is 0 Å². The summed E-state index contributed by atoms with van der Waals surface area (Å²) in [6.07, 6.45) is 1.81. The van der Waals surface area contributed by atoms with Gasteiger partial charge in [0.15, 0.2) is 0 Å². The fourth-order valence-corrected chi connectivity index (χ4v) is 2.28. The highest BCUT2D eigenvalue weighted by Crippen LogP contribution is 2.10. The molecule has 0 saturated carbocycles. The molecule has 0 bridgehead atoms. The molecule has 1 aliphatic heterocycles. The first kappa shape index (κ1) is 13.0. The molecule has 96 valence electrons. The van der Waals surface area contributed by atoms with Gasteiger partial charge < -0.3 is 0 Å². The first-order valence-corrected chi connectivity index (χ1v) is 6.50. The molecule has 4 heteroatoms. The Morgan fingerprint density at radius 3 is 2.50 bits per heavy atom. The maximum Gasteiger partial charge on any atom is 0.140 e. The summed E-state index contributed by atoms with van der Waals surface area (Å²) in [5, 5.41) is 8.70. The van der Waals surface area contributed by atoms with Crippen molar-refractivity contribution in [1.29, 1.82) is 5.26 Å². The predicted octanol–water partition coefficient (Wildman–Crippen LogP) is 1.48. The van der Waals surface area contributed by atoms with Crippen LogP contribution in [0, 0.1) is 11.3 Å². The second-order valence-corrected chi connectivity index (χ2v) is 5.07. The first-order valence-electron chi connectivity index (χ1n) is 6.50. The van der Waals surface area contributed by atoms with Gasteiger partial charge in [0.05, 0.1) is 0 Å². The average Bonchev–Trinajstić information content (AvgIpc) is 2.40. The minimum absolute atomic E-state index is 0.489. The molecule has 0 unspecified atom stereocenters. The van der Waals surface area contributed by atoms with Crippen LogP contribution in [0.3, 0.4) is 0 Å². The van der Waals surface area contributed by atoms with E-state index in [0.717, 1.165) is 32.7 Å². The van der Waals surface area contributed by atoms with Crippen molar-refractivity contribution in [1.82, 2.24) is 14.8 Å². The van der Waals surface area contributed by atoms with Crippen LogP contribution in [-0.4, -0.2) is 47.0 Å². The van der Waals surface area contributed by atoms with Gasteiger partial charge in [0.1, 0.15) is 11.8 Å². The van der Waals surface area contributed by atoms with Crippen LogP contribution in [-0.2, 0) is 6.54 Å². The summed E-state index contributed by atoms with van der Waals surface area (Å²) in [6.45, 7) is 9.93. The second kappa shape index (κ2) is 5.94. The normalized spacial score (nSPS) is 17.9. The number of nitriles is 1. The third-order valence-corrected chi connectivity index (χ3v) is 3.48. The van der Waals surface area contributed by atoms with Crippen LogP contribution >= 0.6 is 0 Å². The molecule has 1 fully saturated rings. The second-order valence-electron chi connectivity index (χ2n) is 5.07. The number of rotatable bonds is 3. The Labute approximate surface area is 109 Å². The van der Waals surface area contributed by atoms with E-state index in [4.69, 9.17) is 5.26 Å². The molecule has 18 heavy (non-hydrogen) atoms. The molecule has 0 amide bonds. The van der Waals surface area contributed by atoms with E-state index < -0.39 is 0 Å². The Kier molecular flexibility index (Phi) is 4.29. The number of pyridine rings is 1. The minimum atomic E-state index is 0.489. The number of piperazine rings is 1. The lowest BCUT2D eigenvalue weighted by atomic mass is 10.2. The molecule has 2 rings (SSSR count). The van der Waals surface area contributed by atoms with Gasteiger partial charge in [-0.25, -0.2) is 4.98 Å². The first-order chi connectivity index (χ1) is 8.69. The Bertz CT molecular complexity index is 410. The van der Waals surface area contributed by atoms with E-state index in [0.29, 0.717) is 11.7 Å². The molecule has 0 aromatic carbocycles. The van der Waals surface area contributed by atoms with Crippen molar-refractivity contribution < 1.29 is 0 Å². The van der Waals surface area contributed by atoms with Gasteiger partial charge >= 0.3 is 0 Å². The van der Waals surface area contributed by atoms with Crippen LogP contribution in [0.2, 0.25) is 0 Å². The molecule has 0 atom stereocenters. The standard InChI is InChI=1S/C14H20N4/c1-12(2)18-7-5-17(6-8-18)11-13-3-4-14(9-15)16-10-13/h3-4,10,12H,5-8,11H2,1-2H3. The summed E-state index contributed by atoms with van der Waals surface area (Å²) in [6, 6.07) is 6.48. The quantitative estimate of drug-likeness (QED) is 0.808. The van der Waals surface area contributed by atoms with Crippen molar-refractivity contribution in [3.05, 3.63) is 29.6 Å². The van der Waals surface area contributed by atoms with Gasteiger partial charge in [-0.1, -0.05) is 6.07 Å². The number of hydrogen-bond acceptors (Lipinski definition) is 4. The van der Waals surface area contributed by atoms with Crippen molar-refractivity contribution in [2.75, 3.05) is 26.2 Å². The molecule has 1 aliphatic rings. The van der Waals surface area contributed by atoms with E-state index in [1.165, 1.54) is 5.56 Å². The third-order valence-electron chi connectivity index (χ3n) is 3.48. The largest absolute Gasteiger partial charge is 0.298 e. The fraction of sp³-hybridized carbons (Fsp3) is 0.571. The molecule has 1 aromatic heterocycles. The van der Waals surface area contributed by atoms with Crippen molar-refractivity contribution in [3.63, 3.8) is 0 Å². The number of hydrogen-bond donors (Lipinski definition) is 0. The van der Waals surface area contributed by atoms with Gasteiger partial charge in [-0.05, 0) is 25.5 Å². The zero-order chi connectivity index (χ0) is 13.0. The highest BCUT2D eigenvalue weighted by molar-refractivity contribution is 5.23. The lowest BCUT2D eigenvalue weighted by Crippen LogP contribution is -2.48. The maximum absolute atomic E-state index is 8.70. The lowest BCUT2D eigenvalue weighted by Gasteiger charge is -2.36. The Morgan fingerprint density at radius 2 is 2.00 bits per heavy atom. The summed E-state index contributed by atoms with van der Waals surface area (Å²) in [5.74, 6) is 0. The van der Waals surface area contributed by atoms with Crippen molar-refractivity contribution in [3.8, 4) is 6.07 Å². The van der Waals surface area contributed by atoms with Gasteiger partial charge in [-0.2, -0.15) is 5.26 Å². The van der Waals surface area contributed by atoms with Crippen LogP contribution in [0.4, 0.5) is 0 Å². The Morgan fingerprint density at radius 1 is 1.28 bits per heavy atom. The lowest BCUT2D eigenvalue weighted by molar-refractivity contribution is 0.104. The van der Waals surface area contributed by atoms with Gasteiger partial charge in [0, 0.05) is 45.0 Å². The Hall–Kier alpha value is -1.44. The SMILES string of the molecule is CC(C)N1CCN(Cc2ccc(C#N)nc2)CC1. The van der Waals surface area contributed by atoms with Gasteiger partial charge in [0.2, 0.25) is 0 Å². The maximum atomic E-state index is 8.70. The molecule has 0 radical (unpaired) electrons. The summed E-state index contributed by atoms with van der Waals surface area (Å²) < 4.78 is 0. The van der Waals surface area contributed by atoms with Gasteiger partial charge in [0.25, 0.3) is 0 Å². The molecule has 0 spiro atoms. The van der Waals surface area contributed by atoms with Crippen molar-refractivity contribution in [2.45, 2.75) is 26.4 Å². The molecule has 4 nitrogen and oxygen atoms in total. The van der Waals surface area contributed by atoms with E-state index in [2.05, 4.69) is 28.6 Å². The molecule has 1 saturated heterocycles. The average molecular weight is 244 g/mol. The highest BCUT2D eigenvalue weighted by atomic mass is 15.3. The van der Waals surface area contributed by atoms with Crippen molar-refractivity contribution in [2.24, 2.45) is 0 Å². The van der Waals surface area contributed by atoms with Gasteiger partial charge in [-0.3, -0.25) is 9.80 Å². The number of aromatic nitrogens is 1. The minimum Gasteiger partial charge on any atom is -0.298 e. The van der Waals surface area contributed by atoms with Crippen molar-refractivity contribution >= 4 is 0 Å². The summed E-state index contributed by atoms with van der Waals surface area (Å²) in [7, 11) is 0. The van der Waals surface area contributed by atoms with Crippen LogP contribution < -0.4 is 0 Å². The smallest absolute Gasteiger partial charge is 0.140 e. The summed E-state index contributed by atoms with van der Waals surface area (Å²) in [4.78, 5) is 9.06. The molecule has 0 aliphatic carbocycles. The zero-order valence-corrected chi connectivity index (χ0v) is 11.1. The van der Waals surface area contributed by atoms with Crippen LogP contribution in [0.15, 0.2) is 18.3 Å². The van der Waals surface area contributed by atoms with E-state index in [1.54, 1.807) is 6.07 Å². The van der Waals surface area contributed by atoms with E-state index in [9.17, 15) is 0 Å². The molecule has 1 aromatic rings. The predicted molar refractivity (Wildman–Crippen MR) is 70.9 cm³/mol. The van der Waals surface area contributed by atoms with Crippen LogP contribution in [0.1, 0.15) is 25.1 Å². The third kappa shape index (κ3) is 3.28. The summed E-state index contributed by atoms with van der Waals surface area (Å²) >= 11 is 0. The Balaban J connectivity index is 1.86. The zero-order valence-electron chi connectivity index (χ0n) is 11.1. The number of nitrogens with zero attached hydrogens (tertiary/aromatic N) is 4. The van der Waals surface area contributed by atoms with E-state index in [-0.39, 0.29) is 0 Å². The van der Waals surface area contributed by atoms with Crippen LogP contribution in [0.5, 0.6) is 0 Å². The fourth-order valence-electron chi connectivity index (χ4n) is 2.28. The van der Waals surface area contributed by atoms with E-state index in [1.807, 2.05) is 18.3 Å². The summed E-state index contributed by atoms with van der Waals surface area (Å²) in [5.41, 5.74) is 1.68. The molecular weight excluding hydrogens is 224 g/mol. The topological polar surface area (TPSA) is 43.2 Å². The van der Waals surface area contributed by atoms with Crippen LogP contribution in [0.25, 0.3) is 0 Å². The molecule has 2 heterocycles. The van der Waals surface area contributed by atoms with E-state index >= 15 is 0 Å².